The summed E-state index contributed by atoms with van der Waals surface area (Å²) in [5.74, 6) is 0.598. The standard InChI is InChI=1S/C15H28O2/c1-5-12(4)14(16)17-15(10-8-9-11-15)13(6-2)7-3/h12-13H,5-11H2,1-4H3. The molecule has 1 atom stereocenters. The van der Waals surface area contributed by atoms with Crippen LogP contribution >= 0.6 is 0 Å². The lowest BCUT2D eigenvalue weighted by Gasteiger charge is -2.37. The third-order valence-corrected chi connectivity index (χ3v) is 4.50. The molecule has 0 saturated heterocycles. The monoisotopic (exact) mass is 240 g/mol. The smallest absolute Gasteiger partial charge is 0.309 e. The van der Waals surface area contributed by atoms with Gasteiger partial charge in [-0.25, -0.2) is 0 Å². The van der Waals surface area contributed by atoms with Crippen LogP contribution < -0.4 is 0 Å². The molecule has 0 aromatic rings. The molecule has 1 aliphatic carbocycles. The zero-order valence-electron chi connectivity index (χ0n) is 11.9. The van der Waals surface area contributed by atoms with Crippen LogP contribution in [0.2, 0.25) is 0 Å². The molecule has 1 rings (SSSR count). The van der Waals surface area contributed by atoms with Crippen LogP contribution in [0.15, 0.2) is 0 Å². The van der Waals surface area contributed by atoms with E-state index in [4.69, 9.17) is 4.74 Å². The van der Waals surface area contributed by atoms with E-state index >= 15 is 0 Å². The minimum absolute atomic E-state index is 0.0151. The topological polar surface area (TPSA) is 26.3 Å². The molecule has 2 heteroatoms. The molecule has 17 heavy (non-hydrogen) atoms. The summed E-state index contributed by atoms with van der Waals surface area (Å²) in [6.45, 7) is 8.44. The summed E-state index contributed by atoms with van der Waals surface area (Å²) in [5, 5.41) is 0. The summed E-state index contributed by atoms with van der Waals surface area (Å²) in [5.41, 5.74) is -0.135. The average molecular weight is 240 g/mol. The van der Waals surface area contributed by atoms with Gasteiger partial charge in [-0.15, -0.1) is 0 Å². The summed E-state index contributed by atoms with van der Waals surface area (Å²) >= 11 is 0. The number of ether oxygens (including phenoxy) is 1. The largest absolute Gasteiger partial charge is 0.459 e. The molecule has 0 aliphatic heterocycles. The highest BCUT2D eigenvalue weighted by molar-refractivity contribution is 5.72. The number of hydrogen-bond acceptors (Lipinski definition) is 2. The Balaban J connectivity index is 2.75. The van der Waals surface area contributed by atoms with Crippen molar-refractivity contribution in [1.82, 2.24) is 0 Å². The van der Waals surface area contributed by atoms with Crippen LogP contribution in [0.1, 0.15) is 72.6 Å². The molecule has 1 fully saturated rings. The first-order valence-electron chi connectivity index (χ1n) is 7.32. The Hall–Kier alpha value is -0.530. The van der Waals surface area contributed by atoms with Gasteiger partial charge in [0.05, 0.1) is 5.92 Å². The van der Waals surface area contributed by atoms with Gasteiger partial charge in [-0.1, -0.05) is 27.7 Å². The quantitative estimate of drug-likeness (QED) is 0.646. The summed E-state index contributed by atoms with van der Waals surface area (Å²) in [7, 11) is 0. The lowest BCUT2D eigenvalue weighted by atomic mass is 9.81. The number of esters is 1. The molecule has 0 N–H and O–H groups in total. The lowest BCUT2D eigenvalue weighted by Crippen LogP contribution is -2.41. The maximum Gasteiger partial charge on any atom is 0.309 e. The van der Waals surface area contributed by atoms with Crippen molar-refractivity contribution >= 4 is 5.97 Å². The van der Waals surface area contributed by atoms with Crippen LogP contribution in [0.5, 0.6) is 0 Å². The van der Waals surface area contributed by atoms with Crippen LogP contribution in [0.3, 0.4) is 0 Å². The van der Waals surface area contributed by atoms with Gasteiger partial charge >= 0.3 is 5.97 Å². The fourth-order valence-electron chi connectivity index (χ4n) is 3.07. The Kier molecular flexibility index (Phi) is 5.48. The van der Waals surface area contributed by atoms with Crippen LogP contribution in [0.25, 0.3) is 0 Å². The van der Waals surface area contributed by atoms with Crippen LogP contribution in [-0.2, 0) is 9.53 Å². The molecule has 1 saturated carbocycles. The minimum atomic E-state index is -0.135. The van der Waals surface area contributed by atoms with Gasteiger partial charge < -0.3 is 4.74 Å². The van der Waals surface area contributed by atoms with Gasteiger partial charge in [0.2, 0.25) is 0 Å². The van der Waals surface area contributed by atoms with Gasteiger partial charge in [0.25, 0.3) is 0 Å². The molecular weight excluding hydrogens is 212 g/mol. The third kappa shape index (κ3) is 3.23. The van der Waals surface area contributed by atoms with Crippen LogP contribution in [0, 0.1) is 11.8 Å². The first kappa shape index (κ1) is 14.5. The van der Waals surface area contributed by atoms with E-state index in [-0.39, 0.29) is 17.5 Å². The summed E-state index contributed by atoms with van der Waals surface area (Å²) < 4.78 is 5.96. The van der Waals surface area contributed by atoms with Crippen molar-refractivity contribution in [3.63, 3.8) is 0 Å². The highest BCUT2D eigenvalue weighted by Gasteiger charge is 2.43. The molecule has 100 valence electrons. The Morgan fingerprint density at radius 1 is 1.12 bits per heavy atom. The first-order chi connectivity index (χ1) is 8.09. The summed E-state index contributed by atoms with van der Waals surface area (Å²) in [6, 6.07) is 0. The van der Waals surface area contributed by atoms with E-state index in [0.29, 0.717) is 5.92 Å². The van der Waals surface area contributed by atoms with Gasteiger partial charge in [0.15, 0.2) is 0 Å². The highest BCUT2D eigenvalue weighted by atomic mass is 16.6. The molecule has 2 nitrogen and oxygen atoms in total. The molecule has 0 aromatic carbocycles. The van der Waals surface area contributed by atoms with E-state index in [1.807, 2.05) is 13.8 Å². The van der Waals surface area contributed by atoms with Crippen molar-refractivity contribution < 1.29 is 9.53 Å². The van der Waals surface area contributed by atoms with Crippen molar-refractivity contribution in [2.75, 3.05) is 0 Å². The summed E-state index contributed by atoms with van der Waals surface area (Å²) in [4.78, 5) is 12.0. The Bertz CT molecular complexity index is 237. The number of rotatable bonds is 6. The van der Waals surface area contributed by atoms with E-state index in [2.05, 4.69) is 13.8 Å². The second-order valence-corrected chi connectivity index (χ2v) is 5.52. The molecule has 0 spiro atoms. The van der Waals surface area contributed by atoms with Crippen LogP contribution in [0.4, 0.5) is 0 Å². The van der Waals surface area contributed by atoms with Crippen LogP contribution in [-0.4, -0.2) is 11.6 Å². The molecule has 0 radical (unpaired) electrons. The van der Waals surface area contributed by atoms with Crippen molar-refractivity contribution in [3.8, 4) is 0 Å². The highest BCUT2D eigenvalue weighted by Crippen LogP contribution is 2.42. The van der Waals surface area contributed by atoms with Gasteiger partial charge in [0.1, 0.15) is 5.60 Å². The Morgan fingerprint density at radius 2 is 1.65 bits per heavy atom. The number of hydrogen-bond donors (Lipinski definition) is 0. The zero-order valence-corrected chi connectivity index (χ0v) is 11.9. The number of carbonyl (C=O) groups is 1. The van der Waals surface area contributed by atoms with Crippen molar-refractivity contribution in [3.05, 3.63) is 0 Å². The lowest BCUT2D eigenvalue weighted by molar-refractivity contribution is -0.170. The van der Waals surface area contributed by atoms with Crippen molar-refractivity contribution in [1.29, 1.82) is 0 Å². The molecule has 1 unspecified atom stereocenters. The average Bonchev–Trinajstić information content (AvgIpc) is 2.79. The minimum Gasteiger partial charge on any atom is -0.459 e. The second kappa shape index (κ2) is 6.42. The first-order valence-corrected chi connectivity index (χ1v) is 7.32. The molecule has 1 aliphatic rings. The van der Waals surface area contributed by atoms with Gasteiger partial charge in [-0.2, -0.15) is 0 Å². The predicted molar refractivity (Wildman–Crippen MR) is 70.8 cm³/mol. The van der Waals surface area contributed by atoms with E-state index in [1.165, 1.54) is 12.8 Å². The normalized spacial score (nSPS) is 20.5. The number of carbonyl (C=O) groups excluding carboxylic acids is 1. The molecular formula is C15H28O2. The maximum absolute atomic E-state index is 12.0. The van der Waals surface area contributed by atoms with E-state index in [9.17, 15) is 4.79 Å². The Labute approximate surface area is 106 Å². The van der Waals surface area contributed by atoms with Gasteiger partial charge in [-0.05, 0) is 50.9 Å². The molecule has 0 aromatic heterocycles. The molecule has 0 heterocycles. The van der Waals surface area contributed by atoms with Crippen molar-refractivity contribution in [2.24, 2.45) is 11.8 Å². The molecule has 0 amide bonds. The fourth-order valence-corrected chi connectivity index (χ4v) is 3.07. The SMILES string of the molecule is CCC(C)C(=O)OC1(C(CC)CC)CCCC1. The predicted octanol–water partition coefficient (Wildman–Crippen LogP) is 4.32. The zero-order chi connectivity index (χ0) is 12.9. The van der Waals surface area contributed by atoms with Gasteiger partial charge in [-0.3, -0.25) is 4.79 Å². The Morgan fingerprint density at radius 3 is 2.06 bits per heavy atom. The van der Waals surface area contributed by atoms with E-state index in [1.54, 1.807) is 0 Å². The third-order valence-electron chi connectivity index (χ3n) is 4.50. The van der Waals surface area contributed by atoms with E-state index in [0.717, 1.165) is 32.1 Å². The molecule has 0 bridgehead atoms. The second-order valence-electron chi connectivity index (χ2n) is 5.52. The maximum atomic E-state index is 12.0. The van der Waals surface area contributed by atoms with Gasteiger partial charge in [0, 0.05) is 0 Å². The van der Waals surface area contributed by atoms with E-state index < -0.39 is 0 Å². The fraction of sp³-hybridized carbons (Fsp3) is 0.933. The summed E-state index contributed by atoms with van der Waals surface area (Å²) in [6.07, 6.45) is 7.67. The van der Waals surface area contributed by atoms with Crippen molar-refractivity contribution in [2.45, 2.75) is 78.2 Å².